The van der Waals surface area contributed by atoms with Crippen molar-refractivity contribution in [3.63, 3.8) is 0 Å². The average molecular weight is 356 g/mol. The normalized spacial score (nSPS) is 12.2. The maximum absolute atomic E-state index is 6.05. The van der Waals surface area contributed by atoms with Crippen LogP contribution in [0.25, 0.3) is 0 Å². The molecule has 5 heteroatoms. The van der Waals surface area contributed by atoms with Gasteiger partial charge in [-0.3, -0.25) is 5.84 Å². The number of hydrazine groups is 1. The highest BCUT2D eigenvalue weighted by Crippen LogP contribution is 2.31. The fourth-order valence-corrected chi connectivity index (χ4v) is 2.53. The summed E-state index contributed by atoms with van der Waals surface area (Å²) in [5.41, 5.74) is 6.07. The fourth-order valence-electron chi connectivity index (χ4n) is 2.09. The SMILES string of the molecule is COc1cc(C(NN)c2ccc(Br)c(C)c2)ccc1Cl. The molecular weight excluding hydrogens is 340 g/mol. The summed E-state index contributed by atoms with van der Waals surface area (Å²) in [5, 5.41) is 0.582. The molecule has 2 aromatic rings. The monoisotopic (exact) mass is 354 g/mol. The van der Waals surface area contributed by atoms with Gasteiger partial charge in [-0.25, -0.2) is 5.43 Å². The minimum absolute atomic E-state index is 0.118. The molecule has 2 rings (SSSR count). The number of rotatable bonds is 4. The molecule has 1 unspecified atom stereocenters. The number of nitrogens with one attached hydrogen (secondary N) is 1. The number of nitrogens with two attached hydrogens (primary N) is 1. The van der Waals surface area contributed by atoms with E-state index in [2.05, 4.69) is 27.4 Å². The van der Waals surface area contributed by atoms with Crippen LogP contribution >= 0.6 is 27.5 Å². The third-order valence-corrected chi connectivity index (χ3v) is 4.39. The van der Waals surface area contributed by atoms with Gasteiger partial charge in [-0.05, 0) is 41.8 Å². The minimum Gasteiger partial charge on any atom is -0.495 e. The van der Waals surface area contributed by atoms with Crippen LogP contribution in [0.3, 0.4) is 0 Å². The van der Waals surface area contributed by atoms with Crippen LogP contribution in [0.5, 0.6) is 5.75 Å². The van der Waals surface area contributed by atoms with Crippen molar-refractivity contribution >= 4 is 27.5 Å². The topological polar surface area (TPSA) is 47.3 Å². The molecule has 3 nitrogen and oxygen atoms in total. The highest BCUT2D eigenvalue weighted by atomic mass is 79.9. The van der Waals surface area contributed by atoms with E-state index in [9.17, 15) is 0 Å². The van der Waals surface area contributed by atoms with Gasteiger partial charge in [0, 0.05) is 4.47 Å². The molecule has 0 spiro atoms. The van der Waals surface area contributed by atoms with Crippen molar-refractivity contribution in [3.8, 4) is 5.75 Å². The fraction of sp³-hybridized carbons (Fsp3) is 0.200. The number of ether oxygens (including phenoxy) is 1. The van der Waals surface area contributed by atoms with Gasteiger partial charge >= 0.3 is 0 Å². The Morgan fingerprint density at radius 3 is 2.45 bits per heavy atom. The van der Waals surface area contributed by atoms with E-state index < -0.39 is 0 Å². The first kappa shape index (κ1) is 15.3. The molecule has 0 aromatic heterocycles. The number of methoxy groups -OCH3 is 1. The summed E-state index contributed by atoms with van der Waals surface area (Å²) >= 11 is 9.55. The minimum atomic E-state index is -0.118. The standard InChI is InChI=1S/C15H16BrClN2O/c1-9-7-10(3-5-12(9)16)15(19-18)11-4-6-13(17)14(8-11)20-2/h3-8,15,19H,18H2,1-2H3. The smallest absolute Gasteiger partial charge is 0.137 e. The van der Waals surface area contributed by atoms with E-state index in [4.69, 9.17) is 22.2 Å². The van der Waals surface area contributed by atoms with Gasteiger partial charge in [0.1, 0.15) is 5.75 Å². The quantitative estimate of drug-likeness (QED) is 0.644. The Kier molecular flexibility index (Phi) is 5.05. The third kappa shape index (κ3) is 3.15. The molecule has 3 N–H and O–H groups in total. The lowest BCUT2D eigenvalue weighted by Gasteiger charge is -2.19. The van der Waals surface area contributed by atoms with Gasteiger partial charge in [-0.2, -0.15) is 0 Å². The van der Waals surface area contributed by atoms with E-state index in [1.165, 1.54) is 0 Å². The molecule has 0 aliphatic carbocycles. The molecule has 106 valence electrons. The maximum Gasteiger partial charge on any atom is 0.137 e. The van der Waals surface area contributed by atoms with Gasteiger partial charge < -0.3 is 4.74 Å². The highest BCUT2D eigenvalue weighted by Gasteiger charge is 2.15. The Bertz CT molecular complexity index is 619. The van der Waals surface area contributed by atoms with Crippen LogP contribution in [0.1, 0.15) is 22.7 Å². The van der Waals surface area contributed by atoms with Gasteiger partial charge in [0.15, 0.2) is 0 Å². The van der Waals surface area contributed by atoms with E-state index >= 15 is 0 Å². The molecule has 0 aliphatic heterocycles. The summed E-state index contributed by atoms with van der Waals surface area (Å²) in [6.07, 6.45) is 0. The molecule has 0 heterocycles. The molecule has 0 fully saturated rings. The lowest BCUT2D eigenvalue weighted by atomic mass is 9.98. The van der Waals surface area contributed by atoms with Crippen LogP contribution in [-0.4, -0.2) is 7.11 Å². The van der Waals surface area contributed by atoms with Gasteiger partial charge in [0.2, 0.25) is 0 Å². The zero-order valence-electron chi connectivity index (χ0n) is 11.3. The summed E-state index contributed by atoms with van der Waals surface area (Å²) in [7, 11) is 1.60. The van der Waals surface area contributed by atoms with Crippen LogP contribution in [0, 0.1) is 6.92 Å². The molecule has 0 aliphatic rings. The molecule has 1 atom stereocenters. The van der Waals surface area contributed by atoms with E-state index in [1.54, 1.807) is 7.11 Å². The molecule has 0 saturated heterocycles. The average Bonchev–Trinajstić information content (AvgIpc) is 2.45. The number of halogens is 2. The summed E-state index contributed by atoms with van der Waals surface area (Å²) < 4.78 is 6.33. The second-order valence-corrected chi connectivity index (χ2v) is 5.76. The van der Waals surface area contributed by atoms with Gasteiger partial charge in [-0.1, -0.05) is 45.7 Å². The van der Waals surface area contributed by atoms with Crippen molar-refractivity contribution < 1.29 is 4.74 Å². The second kappa shape index (κ2) is 6.59. The van der Waals surface area contributed by atoms with Crippen LogP contribution in [-0.2, 0) is 0 Å². The van der Waals surface area contributed by atoms with Crippen LogP contribution < -0.4 is 16.0 Å². The Morgan fingerprint density at radius 2 is 1.85 bits per heavy atom. The first-order chi connectivity index (χ1) is 9.56. The second-order valence-electron chi connectivity index (χ2n) is 4.50. The number of hydrogen-bond acceptors (Lipinski definition) is 3. The van der Waals surface area contributed by atoms with Gasteiger partial charge in [0.25, 0.3) is 0 Å². The Hall–Kier alpha value is -1.07. The zero-order chi connectivity index (χ0) is 14.7. The van der Waals surface area contributed by atoms with Crippen molar-refractivity contribution in [3.05, 3.63) is 62.6 Å². The molecule has 2 aromatic carbocycles. The molecular formula is C15H16BrClN2O. The number of hydrogen-bond donors (Lipinski definition) is 2. The first-order valence-corrected chi connectivity index (χ1v) is 7.29. The molecule has 0 radical (unpaired) electrons. The largest absolute Gasteiger partial charge is 0.495 e. The number of aryl methyl sites for hydroxylation is 1. The van der Waals surface area contributed by atoms with Crippen molar-refractivity contribution in [1.29, 1.82) is 0 Å². The van der Waals surface area contributed by atoms with Crippen molar-refractivity contribution in [1.82, 2.24) is 5.43 Å². The Morgan fingerprint density at radius 1 is 1.20 bits per heavy atom. The highest BCUT2D eigenvalue weighted by molar-refractivity contribution is 9.10. The van der Waals surface area contributed by atoms with E-state index in [0.717, 1.165) is 21.2 Å². The van der Waals surface area contributed by atoms with Crippen LogP contribution in [0.2, 0.25) is 5.02 Å². The zero-order valence-corrected chi connectivity index (χ0v) is 13.6. The lowest BCUT2D eigenvalue weighted by Crippen LogP contribution is -2.28. The van der Waals surface area contributed by atoms with E-state index in [1.807, 2.05) is 37.3 Å². The van der Waals surface area contributed by atoms with Crippen molar-refractivity contribution in [2.24, 2.45) is 5.84 Å². The van der Waals surface area contributed by atoms with Crippen molar-refractivity contribution in [2.75, 3.05) is 7.11 Å². The molecule has 0 saturated carbocycles. The first-order valence-electron chi connectivity index (χ1n) is 6.12. The Balaban J connectivity index is 2.43. The lowest BCUT2D eigenvalue weighted by molar-refractivity contribution is 0.414. The van der Waals surface area contributed by atoms with Crippen LogP contribution in [0.4, 0.5) is 0 Å². The van der Waals surface area contributed by atoms with Crippen molar-refractivity contribution in [2.45, 2.75) is 13.0 Å². The van der Waals surface area contributed by atoms with E-state index in [0.29, 0.717) is 10.8 Å². The predicted octanol–water partition coefficient (Wildman–Crippen LogP) is 3.97. The van der Waals surface area contributed by atoms with Crippen LogP contribution in [0.15, 0.2) is 40.9 Å². The van der Waals surface area contributed by atoms with Gasteiger partial charge in [-0.15, -0.1) is 0 Å². The van der Waals surface area contributed by atoms with Gasteiger partial charge in [0.05, 0.1) is 18.2 Å². The third-order valence-electron chi connectivity index (χ3n) is 3.19. The number of benzene rings is 2. The summed E-state index contributed by atoms with van der Waals surface area (Å²) in [6, 6.07) is 11.7. The van der Waals surface area contributed by atoms with E-state index in [-0.39, 0.29) is 6.04 Å². The Labute approximate surface area is 132 Å². The molecule has 0 amide bonds. The molecule has 20 heavy (non-hydrogen) atoms. The molecule has 0 bridgehead atoms. The predicted molar refractivity (Wildman–Crippen MR) is 86.0 cm³/mol. The summed E-state index contributed by atoms with van der Waals surface area (Å²) in [6.45, 7) is 2.05. The summed E-state index contributed by atoms with van der Waals surface area (Å²) in [4.78, 5) is 0. The summed E-state index contributed by atoms with van der Waals surface area (Å²) in [5.74, 6) is 6.36. The maximum atomic E-state index is 6.05.